The van der Waals surface area contributed by atoms with E-state index in [0.717, 1.165) is 5.56 Å². The average Bonchev–Trinajstić information content (AvgIpc) is 2.63. The van der Waals surface area contributed by atoms with Crippen LogP contribution in [0, 0.1) is 6.92 Å². The Labute approximate surface area is 119 Å². The Balaban J connectivity index is 2.55. The van der Waals surface area contributed by atoms with Crippen molar-refractivity contribution in [1.82, 2.24) is 9.78 Å². The van der Waals surface area contributed by atoms with Gasteiger partial charge >= 0.3 is 5.97 Å². The van der Waals surface area contributed by atoms with Crippen molar-refractivity contribution in [2.24, 2.45) is 7.05 Å². The molecule has 1 aromatic carbocycles. The second kappa shape index (κ2) is 4.78. The lowest BCUT2D eigenvalue weighted by atomic mass is 9.86. The molecular formula is C16H20N2O2. The topological polar surface area (TPSA) is 55.1 Å². The normalized spacial score (nSPS) is 11.7. The summed E-state index contributed by atoms with van der Waals surface area (Å²) in [6.45, 7) is 8.17. The van der Waals surface area contributed by atoms with Gasteiger partial charge in [-0.1, -0.05) is 45.0 Å². The molecule has 0 unspecified atom stereocenters. The van der Waals surface area contributed by atoms with Crippen molar-refractivity contribution in [3.05, 3.63) is 41.1 Å². The van der Waals surface area contributed by atoms with Crippen molar-refractivity contribution in [3.63, 3.8) is 0 Å². The quantitative estimate of drug-likeness (QED) is 0.911. The van der Waals surface area contributed by atoms with Crippen LogP contribution in [0.3, 0.4) is 0 Å². The first-order valence-electron chi connectivity index (χ1n) is 6.59. The van der Waals surface area contributed by atoms with Crippen LogP contribution in [-0.2, 0) is 12.5 Å². The molecule has 4 heteroatoms. The first-order valence-corrected chi connectivity index (χ1v) is 6.59. The van der Waals surface area contributed by atoms with Gasteiger partial charge in [-0.3, -0.25) is 4.68 Å². The summed E-state index contributed by atoms with van der Waals surface area (Å²) in [4.78, 5) is 11.4. The molecule has 0 spiro atoms. The Morgan fingerprint density at radius 3 is 2.20 bits per heavy atom. The van der Waals surface area contributed by atoms with E-state index < -0.39 is 5.97 Å². The number of benzene rings is 1. The van der Waals surface area contributed by atoms with Crippen molar-refractivity contribution in [2.45, 2.75) is 33.1 Å². The molecule has 1 N–H and O–H groups in total. The summed E-state index contributed by atoms with van der Waals surface area (Å²) in [6, 6.07) is 8.01. The van der Waals surface area contributed by atoms with Gasteiger partial charge in [0.15, 0.2) is 0 Å². The van der Waals surface area contributed by atoms with Crippen LogP contribution in [0.4, 0.5) is 0 Å². The van der Waals surface area contributed by atoms with E-state index in [-0.39, 0.29) is 11.0 Å². The molecule has 0 aliphatic rings. The maximum absolute atomic E-state index is 11.4. The van der Waals surface area contributed by atoms with Crippen LogP contribution in [0.15, 0.2) is 24.3 Å². The van der Waals surface area contributed by atoms with Crippen LogP contribution in [-0.4, -0.2) is 20.9 Å². The minimum Gasteiger partial charge on any atom is -0.478 e. The van der Waals surface area contributed by atoms with Crippen molar-refractivity contribution in [2.75, 3.05) is 0 Å². The number of carboxylic acids is 1. The Hall–Kier alpha value is -2.10. The van der Waals surface area contributed by atoms with Gasteiger partial charge in [0.05, 0.1) is 11.4 Å². The summed E-state index contributed by atoms with van der Waals surface area (Å²) in [5.41, 5.74) is 3.63. The highest BCUT2D eigenvalue weighted by Gasteiger charge is 2.21. The molecule has 0 fully saturated rings. The highest BCUT2D eigenvalue weighted by molar-refractivity contribution is 5.96. The molecule has 0 bridgehead atoms. The minimum absolute atomic E-state index is 0.0799. The van der Waals surface area contributed by atoms with Crippen LogP contribution in [0.25, 0.3) is 11.3 Å². The largest absolute Gasteiger partial charge is 0.478 e. The molecule has 4 nitrogen and oxygen atoms in total. The van der Waals surface area contributed by atoms with Gasteiger partial charge < -0.3 is 5.11 Å². The predicted molar refractivity (Wildman–Crippen MR) is 79.0 cm³/mol. The van der Waals surface area contributed by atoms with E-state index in [1.165, 1.54) is 5.56 Å². The third-order valence-electron chi connectivity index (χ3n) is 3.46. The zero-order valence-corrected chi connectivity index (χ0v) is 12.6. The van der Waals surface area contributed by atoms with Crippen LogP contribution >= 0.6 is 0 Å². The number of hydrogen-bond donors (Lipinski definition) is 1. The predicted octanol–water partition coefficient (Wildman–Crippen LogP) is 3.39. The maximum Gasteiger partial charge on any atom is 0.339 e. The van der Waals surface area contributed by atoms with Crippen molar-refractivity contribution >= 4 is 5.97 Å². The first kappa shape index (κ1) is 14.3. The molecule has 0 radical (unpaired) electrons. The molecule has 0 aliphatic heterocycles. The van der Waals surface area contributed by atoms with E-state index in [1.54, 1.807) is 18.7 Å². The van der Waals surface area contributed by atoms with Crippen LogP contribution in [0.1, 0.15) is 42.4 Å². The molecular weight excluding hydrogens is 252 g/mol. The highest BCUT2D eigenvalue weighted by atomic mass is 16.4. The van der Waals surface area contributed by atoms with Crippen LogP contribution in [0.2, 0.25) is 0 Å². The zero-order valence-electron chi connectivity index (χ0n) is 12.6. The monoisotopic (exact) mass is 272 g/mol. The number of carboxylic acid groups (broad SMARTS) is 1. The zero-order chi connectivity index (χ0) is 15.1. The lowest BCUT2D eigenvalue weighted by Gasteiger charge is -2.19. The van der Waals surface area contributed by atoms with Gasteiger partial charge in [-0.25, -0.2) is 4.79 Å². The number of nitrogens with zero attached hydrogens (tertiary/aromatic N) is 2. The number of aromatic nitrogens is 2. The van der Waals surface area contributed by atoms with Crippen molar-refractivity contribution in [1.29, 1.82) is 0 Å². The number of aryl methyl sites for hydroxylation is 2. The maximum atomic E-state index is 11.4. The molecule has 2 rings (SSSR count). The molecule has 0 saturated heterocycles. The minimum atomic E-state index is -0.939. The van der Waals surface area contributed by atoms with Gasteiger partial charge in [-0.2, -0.15) is 5.10 Å². The van der Waals surface area contributed by atoms with Gasteiger partial charge in [0.2, 0.25) is 0 Å². The summed E-state index contributed by atoms with van der Waals surface area (Å²) in [7, 11) is 1.77. The Kier molecular flexibility index (Phi) is 3.42. The van der Waals surface area contributed by atoms with Crippen LogP contribution < -0.4 is 0 Å². The second-order valence-electron chi connectivity index (χ2n) is 6.07. The molecule has 106 valence electrons. The first-order chi connectivity index (χ1) is 9.21. The Morgan fingerprint density at radius 2 is 1.75 bits per heavy atom. The molecule has 20 heavy (non-hydrogen) atoms. The number of rotatable bonds is 2. The summed E-state index contributed by atoms with van der Waals surface area (Å²) in [5, 5.41) is 13.6. The summed E-state index contributed by atoms with van der Waals surface area (Å²) in [6.07, 6.45) is 0. The molecule has 0 aliphatic carbocycles. The van der Waals surface area contributed by atoms with Gasteiger partial charge in [0.25, 0.3) is 0 Å². The lowest BCUT2D eigenvalue weighted by Crippen LogP contribution is -2.10. The fraction of sp³-hybridized carbons (Fsp3) is 0.375. The molecule has 1 aromatic heterocycles. The third-order valence-corrected chi connectivity index (χ3v) is 3.46. The van der Waals surface area contributed by atoms with E-state index in [2.05, 4.69) is 25.9 Å². The SMILES string of the molecule is Cc1nn(C)c(-c2ccc(C(C)(C)C)cc2)c1C(=O)O. The Morgan fingerprint density at radius 1 is 1.20 bits per heavy atom. The van der Waals surface area contributed by atoms with E-state index in [9.17, 15) is 9.90 Å². The summed E-state index contributed by atoms with van der Waals surface area (Å²) in [5.74, 6) is -0.939. The van der Waals surface area contributed by atoms with E-state index >= 15 is 0 Å². The number of aromatic carboxylic acids is 1. The standard InChI is InChI=1S/C16H20N2O2/c1-10-13(15(19)20)14(18(5)17-10)11-6-8-12(9-7-11)16(2,3)4/h6-9H,1-5H3,(H,19,20). The van der Waals surface area contributed by atoms with Crippen LogP contribution in [0.5, 0.6) is 0 Å². The van der Waals surface area contributed by atoms with E-state index in [1.807, 2.05) is 24.3 Å². The van der Waals surface area contributed by atoms with Gasteiger partial charge in [-0.05, 0) is 17.9 Å². The molecule has 1 heterocycles. The lowest BCUT2D eigenvalue weighted by molar-refractivity contribution is 0.0697. The second-order valence-corrected chi connectivity index (χ2v) is 6.07. The number of carbonyl (C=O) groups is 1. The molecule has 2 aromatic rings. The average molecular weight is 272 g/mol. The summed E-state index contributed by atoms with van der Waals surface area (Å²) < 4.78 is 1.63. The van der Waals surface area contributed by atoms with Crippen molar-refractivity contribution < 1.29 is 9.90 Å². The third kappa shape index (κ3) is 2.46. The fourth-order valence-electron chi connectivity index (χ4n) is 2.37. The summed E-state index contributed by atoms with van der Waals surface area (Å²) >= 11 is 0. The van der Waals surface area contributed by atoms with Crippen molar-refractivity contribution in [3.8, 4) is 11.3 Å². The van der Waals surface area contributed by atoms with E-state index in [0.29, 0.717) is 11.4 Å². The molecule has 0 atom stereocenters. The molecule has 0 saturated carbocycles. The van der Waals surface area contributed by atoms with Gasteiger partial charge in [-0.15, -0.1) is 0 Å². The number of hydrogen-bond acceptors (Lipinski definition) is 2. The Bertz CT molecular complexity index is 646. The highest BCUT2D eigenvalue weighted by Crippen LogP contribution is 2.29. The fourth-order valence-corrected chi connectivity index (χ4v) is 2.37. The van der Waals surface area contributed by atoms with Gasteiger partial charge in [0, 0.05) is 12.6 Å². The van der Waals surface area contributed by atoms with Gasteiger partial charge in [0.1, 0.15) is 5.56 Å². The molecule has 0 amide bonds. The van der Waals surface area contributed by atoms with E-state index in [4.69, 9.17) is 0 Å². The smallest absolute Gasteiger partial charge is 0.339 e.